The van der Waals surface area contributed by atoms with Gasteiger partial charge < -0.3 is 0 Å². The van der Waals surface area contributed by atoms with Crippen molar-refractivity contribution >= 4 is 5.78 Å². The van der Waals surface area contributed by atoms with Crippen LogP contribution in [0.5, 0.6) is 0 Å². The van der Waals surface area contributed by atoms with Gasteiger partial charge in [-0.1, -0.05) is 46.8 Å². The third kappa shape index (κ3) is 3.15. The first-order valence-electron chi connectivity index (χ1n) is 9.26. The highest BCUT2D eigenvalue weighted by Crippen LogP contribution is 2.49. The lowest BCUT2D eigenvalue weighted by Crippen LogP contribution is -2.41. The quantitative estimate of drug-likeness (QED) is 0.585. The Morgan fingerprint density at radius 3 is 2.36 bits per heavy atom. The molecule has 25 heavy (non-hydrogen) atoms. The van der Waals surface area contributed by atoms with E-state index >= 15 is 0 Å². The van der Waals surface area contributed by atoms with Crippen LogP contribution in [0.2, 0.25) is 0 Å². The highest BCUT2D eigenvalue weighted by atomic mass is 16.1. The molecule has 1 heterocycles. The van der Waals surface area contributed by atoms with Gasteiger partial charge in [-0.25, -0.2) is 0 Å². The predicted octanol–water partition coefficient (Wildman–Crippen LogP) is 4.76. The van der Waals surface area contributed by atoms with Gasteiger partial charge in [0.15, 0.2) is 12.4 Å². The third-order valence-corrected chi connectivity index (χ3v) is 6.24. The summed E-state index contributed by atoms with van der Waals surface area (Å²) in [5.74, 6) is 0.805. The number of carbonyl (C=O) groups excluding carboxylic acids is 1. The number of pyridine rings is 1. The summed E-state index contributed by atoms with van der Waals surface area (Å²) in [6.07, 6.45) is 5.04. The largest absolute Gasteiger partial charge is 0.287 e. The average molecular weight is 336 g/mol. The zero-order valence-electron chi connectivity index (χ0n) is 16.4. The van der Waals surface area contributed by atoms with Crippen molar-refractivity contribution in [3.8, 4) is 0 Å². The number of benzene rings is 1. The molecule has 1 atom stereocenters. The lowest BCUT2D eigenvalue weighted by atomic mass is 9.58. The molecule has 0 saturated heterocycles. The second-order valence-corrected chi connectivity index (χ2v) is 8.89. The lowest BCUT2D eigenvalue weighted by molar-refractivity contribution is -0.683. The Hall–Kier alpha value is -1.96. The monoisotopic (exact) mass is 336 g/mol. The molecule has 0 aliphatic heterocycles. The maximum Gasteiger partial charge on any atom is 0.227 e. The molecule has 2 aromatic rings. The van der Waals surface area contributed by atoms with Gasteiger partial charge in [-0.3, -0.25) is 4.79 Å². The molecule has 1 aliphatic rings. The smallest absolute Gasteiger partial charge is 0.227 e. The summed E-state index contributed by atoms with van der Waals surface area (Å²) in [7, 11) is 0. The van der Waals surface area contributed by atoms with Gasteiger partial charge in [0, 0.05) is 17.7 Å². The van der Waals surface area contributed by atoms with Crippen LogP contribution >= 0.6 is 0 Å². The SMILES string of the molecule is Cc1cc2c(cc1C(=O)C[n+]1ccccc1)C(C)(C)CC(C)C2(C)C. The molecule has 1 aromatic heterocycles. The molecule has 0 saturated carbocycles. The maximum absolute atomic E-state index is 12.9. The predicted molar refractivity (Wildman–Crippen MR) is 102 cm³/mol. The van der Waals surface area contributed by atoms with E-state index in [9.17, 15) is 4.79 Å². The Bertz CT molecular complexity index is 802. The number of hydrogen-bond acceptors (Lipinski definition) is 1. The first-order valence-corrected chi connectivity index (χ1v) is 9.26. The van der Waals surface area contributed by atoms with E-state index in [-0.39, 0.29) is 16.6 Å². The summed E-state index contributed by atoms with van der Waals surface area (Å²) in [6.45, 7) is 14.1. The number of ketones is 1. The topological polar surface area (TPSA) is 20.9 Å². The van der Waals surface area contributed by atoms with E-state index in [1.54, 1.807) is 0 Å². The van der Waals surface area contributed by atoms with Crippen LogP contribution in [0.25, 0.3) is 0 Å². The van der Waals surface area contributed by atoms with Crippen molar-refractivity contribution in [2.24, 2.45) is 5.92 Å². The van der Waals surface area contributed by atoms with Crippen molar-refractivity contribution in [2.75, 3.05) is 0 Å². The zero-order valence-corrected chi connectivity index (χ0v) is 16.4. The maximum atomic E-state index is 12.9. The Labute approximate surface area is 151 Å². The number of carbonyl (C=O) groups is 1. The lowest BCUT2D eigenvalue weighted by Gasteiger charge is -2.47. The number of rotatable bonds is 3. The minimum atomic E-state index is 0.104. The van der Waals surface area contributed by atoms with E-state index < -0.39 is 0 Å². The van der Waals surface area contributed by atoms with Crippen molar-refractivity contribution in [3.05, 3.63) is 65.0 Å². The second kappa shape index (κ2) is 6.09. The van der Waals surface area contributed by atoms with Crippen LogP contribution in [0.4, 0.5) is 0 Å². The van der Waals surface area contributed by atoms with E-state index in [1.807, 2.05) is 35.2 Å². The van der Waals surface area contributed by atoms with Gasteiger partial charge in [0.1, 0.15) is 0 Å². The number of aromatic nitrogens is 1. The minimum Gasteiger partial charge on any atom is -0.287 e. The summed E-state index contributed by atoms with van der Waals surface area (Å²) in [5.41, 5.74) is 4.98. The molecule has 0 N–H and O–H groups in total. The van der Waals surface area contributed by atoms with Crippen molar-refractivity contribution in [1.82, 2.24) is 0 Å². The molecule has 1 unspecified atom stereocenters. The van der Waals surface area contributed by atoms with Crippen molar-refractivity contribution in [2.45, 2.75) is 65.3 Å². The third-order valence-electron chi connectivity index (χ3n) is 6.24. The fourth-order valence-electron chi connectivity index (χ4n) is 4.29. The fraction of sp³-hybridized carbons (Fsp3) is 0.478. The van der Waals surface area contributed by atoms with E-state index in [2.05, 4.69) is 53.7 Å². The summed E-state index contributed by atoms with van der Waals surface area (Å²) >= 11 is 0. The average Bonchev–Trinajstić information content (AvgIpc) is 2.53. The molecule has 0 amide bonds. The summed E-state index contributed by atoms with van der Waals surface area (Å²) in [6, 6.07) is 10.3. The van der Waals surface area contributed by atoms with E-state index in [0.717, 1.165) is 17.5 Å². The zero-order chi connectivity index (χ0) is 18.4. The van der Waals surface area contributed by atoms with Crippen molar-refractivity contribution < 1.29 is 9.36 Å². The molecule has 2 nitrogen and oxygen atoms in total. The van der Waals surface area contributed by atoms with Crippen LogP contribution in [0.1, 0.15) is 68.1 Å². The fourth-order valence-corrected chi connectivity index (χ4v) is 4.29. The van der Waals surface area contributed by atoms with Gasteiger partial charge in [0.2, 0.25) is 12.3 Å². The van der Waals surface area contributed by atoms with Crippen LogP contribution in [0, 0.1) is 12.8 Å². The number of Topliss-reactive ketones (excluding diaryl/α,β-unsaturated/α-hetero) is 1. The van der Waals surface area contributed by atoms with Crippen LogP contribution in [0.3, 0.4) is 0 Å². The highest BCUT2D eigenvalue weighted by Gasteiger charge is 2.42. The molecule has 132 valence electrons. The Morgan fingerprint density at radius 1 is 1.08 bits per heavy atom. The number of hydrogen-bond donors (Lipinski definition) is 0. The van der Waals surface area contributed by atoms with E-state index in [0.29, 0.717) is 12.5 Å². The molecule has 1 aliphatic carbocycles. The molecular weight excluding hydrogens is 306 g/mol. The Kier molecular flexibility index (Phi) is 4.35. The molecule has 0 spiro atoms. The van der Waals surface area contributed by atoms with Gasteiger partial charge in [-0.05, 0) is 52.8 Å². The number of nitrogens with zero attached hydrogens (tertiary/aromatic N) is 1. The van der Waals surface area contributed by atoms with Crippen LogP contribution in [-0.2, 0) is 17.4 Å². The standard InChI is InChI=1S/C23H30NO/c1-16-12-20-19(22(3,4)14-17(2)23(20,5)6)13-18(16)21(25)15-24-10-8-7-9-11-24/h7-13,17H,14-15H2,1-6H3/q+1. The molecule has 0 fully saturated rings. The minimum absolute atomic E-state index is 0.104. The first kappa shape index (κ1) is 17.8. The molecule has 0 radical (unpaired) electrons. The molecule has 0 bridgehead atoms. The van der Waals surface area contributed by atoms with Gasteiger partial charge >= 0.3 is 0 Å². The van der Waals surface area contributed by atoms with E-state index in [1.165, 1.54) is 11.1 Å². The van der Waals surface area contributed by atoms with Crippen molar-refractivity contribution in [3.63, 3.8) is 0 Å². The summed E-state index contributed by atoms with van der Waals surface area (Å²) in [5, 5.41) is 0. The molecular formula is C23H30NO+. The molecule has 1 aromatic carbocycles. The summed E-state index contributed by atoms with van der Waals surface area (Å²) < 4.78 is 1.94. The van der Waals surface area contributed by atoms with Crippen molar-refractivity contribution in [1.29, 1.82) is 0 Å². The second-order valence-electron chi connectivity index (χ2n) is 8.89. The van der Waals surface area contributed by atoms with Gasteiger partial charge in [0.25, 0.3) is 0 Å². The van der Waals surface area contributed by atoms with Crippen LogP contribution in [0.15, 0.2) is 42.7 Å². The normalized spacial score (nSPS) is 20.8. The number of fused-ring (bicyclic) bond motifs is 1. The van der Waals surface area contributed by atoms with Crippen LogP contribution in [-0.4, -0.2) is 5.78 Å². The highest BCUT2D eigenvalue weighted by molar-refractivity contribution is 5.97. The van der Waals surface area contributed by atoms with E-state index in [4.69, 9.17) is 0 Å². The Morgan fingerprint density at radius 2 is 1.72 bits per heavy atom. The Balaban J connectivity index is 2.05. The van der Waals surface area contributed by atoms with Gasteiger partial charge in [-0.2, -0.15) is 4.57 Å². The molecule has 2 heteroatoms. The van der Waals surface area contributed by atoms with Gasteiger partial charge in [-0.15, -0.1) is 0 Å². The van der Waals surface area contributed by atoms with Gasteiger partial charge in [0.05, 0.1) is 0 Å². The summed E-state index contributed by atoms with van der Waals surface area (Å²) in [4.78, 5) is 12.9. The first-order chi connectivity index (χ1) is 11.6. The van der Waals surface area contributed by atoms with Crippen LogP contribution < -0.4 is 4.57 Å². The molecule has 3 rings (SSSR count). The number of aryl methyl sites for hydroxylation is 1.